The highest BCUT2D eigenvalue weighted by atomic mass is 19.2. The molecule has 0 spiro atoms. The third-order valence-corrected chi connectivity index (χ3v) is 1.41. The molecule has 1 atom stereocenters. The van der Waals surface area contributed by atoms with E-state index in [2.05, 4.69) is 6.58 Å². The second-order valence-electron chi connectivity index (χ2n) is 2.26. The highest BCUT2D eigenvalue weighted by Crippen LogP contribution is 1.97. The Bertz CT molecular complexity index is 220. The van der Waals surface area contributed by atoms with Gasteiger partial charge in [0.2, 0.25) is 0 Å². The summed E-state index contributed by atoms with van der Waals surface area (Å²) >= 11 is 0. The van der Waals surface area contributed by atoms with Gasteiger partial charge in [0.15, 0.2) is 5.69 Å². The van der Waals surface area contributed by atoms with E-state index in [1.165, 1.54) is 0 Å². The maximum absolute atomic E-state index is 13.0. The highest BCUT2D eigenvalue weighted by Gasteiger charge is 2.06. The molecule has 11 heavy (non-hydrogen) atoms. The first-order valence-electron chi connectivity index (χ1n) is 3.52. The van der Waals surface area contributed by atoms with E-state index in [1.54, 1.807) is 18.2 Å². The molecule has 0 aromatic heterocycles. The quantitative estimate of drug-likeness (QED) is 0.491. The molecule has 0 bridgehead atoms. The summed E-state index contributed by atoms with van der Waals surface area (Å²) < 4.78 is 13.0. The summed E-state index contributed by atoms with van der Waals surface area (Å²) in [7, 11) is 0. The molecule has 0 saturated carbocycles. The van der Waals surface area contributed by atoms with Crippen molar-refractivity contribution < 1.29 is 9.60 Å². The minimum Gasteiger partial charge on any atom is -0.105 e. The third-order valence-electron chi connectivity index (χ3n) is 1.41. The Morgan fingerprint density at radius 3 is 2.55 bits per heavy atom. The standard InChI is InChI=1S/C9H10FN/c1-2-8-11(10)9-6-4-3-5-7-9/h2-7H,1,8H2/p+1. The molecule has 0 aliphatic carbocycles. The van der Waals surface area contributed by atoms with E-state index in [0.29, 0.717) is 12.2 Å². The number of quaternary nitrogens is 1. The average molecular weight is 152 g/mol. The first-order chi connectivity index (χ1) is 5.34. The van der Waals surface area contributed by atoms with Gasteiger partial charge in [0.05, 0.1) is 0 Å². The van der Waals surface area contributed by atoms with E-state index in [9.17, 15) is 4.48 Å². The highest BCUT2D eigenvalue weighted by molar-refractivity contribution is 5.27. The van der Waals surface area contributed by atoms with Crippen molar-refractivity contribution in [3.05, 3.63) is 43.0 Å². The molecule has 1 rings (SSSR count). The van der Waals surface area contributed by atoms with Gasteiger partial charge >= 0.3 is 0 Å². The first-order valence-corrected chi connectivity index (χ1v) is 3.52. The monoisotopic (exact) mass is 152 g/mol. The predicted octanol–water partition coefficient (Wildman–Crippen LogP) is 1.27. The molecule has 1 aromatic rings. The van der Waals surface area contributed by atoms with Gasteiger partial charge in [0, 0.05) is 16.6 Å². The summed E-state index contributed by atoms with van der Waals surface area (Å²) in [5.74, 6) is 0. The van der Waals surface area contributed by atoms with Gasteiger partial charge in [-0.05, 0) is 6.08 Å². The first kappa shape index (κ1) is 7.95. The minimum absolute atomic E-state index is 0.124. The van der Waals surface area contributed by atoms with Crippen LogP contribution in [-0.2, 0) is 0 Å². The Morgan fingerprint density at radius 2 is 2.00 bits per heavy atom. The molecule has 0 heterocycles. The fourth-order valence-corrected chi connectivity index (χ4v) is 0.864. The molecular weight excluding hydrogens is 141 g/mol. The van der Waals surface area contributed by atoms with E-state index >= 15 is 0 Å². The van der Waals surface area contributed by atoms with Crippen LogP contribution in [0.1, 0.15) is 0 Å². The molecule has 0 aliphatic heterocycles. The van der Waals surface area contributed by atoms with E-state index in [4.69, 9.17) is 0 Å². The van der Waals surface area contributed by atoms with Crippen molar-refractivity contribution in [3.8, 4) is 0 Å². The van der Waals surface area contributed by atoms with Crippen LogP contribution in [0.2, 0.25) is 0 Å². The Morgan fingerprint density at radius 1 is 1.36 bits per heavy atom. The van der Waals surface area contributed by atoms with Gasteiger partial charge in [-0.25, -0.2) is 0 Å². The molecule has 1 nitrogen and oxygen atoms in total. The molecule has 1 unspecified atom stereocenters. The zero-order valence-corrected chi connectivity index (χ0v) is 6.26. The average Bonchev–Trinajstić information content (AvgIpc) is 2.07. The van der Waals surface area contributed by atoms with Crippen LogP contribution in [0.25, 0.3) is 0 Å². The predicted molar refractivity (Wildman–Crippen MR) is 43.2 cm³/mol. The molecule has 0 fully saturated rings. The molecule has 2 heteroatoms. The SMILES string of the molecule is C=CC[NH+](F)c1ccccc1. The summed E-state index contributed by atoms with van der Waals surface area (Å²) in [6.07, 6.45) is 1.56. The third kappa shape index (κ3) is 2.16. The largest absolute Gasteiger partial charge is 0.169 e. The van der Waals surface area contributed by atoms with Crippen LogP contribution in [0.5, 0.6) is 0 Å². The van der Waals surface area contributed by atoms with E-state index in [1.807, 2.05) is 18.2 Å². The lowest BCUT2D eigenvalue weighted by Gasteiger charge is -2.01. The molecule has 0 saturated heterocycles. The molecule has 0 radical (unpaired) electrons. The van der Waals surface area contributed by atoms with Crippen molar-refractivity contribution in [1.82, 2.24) is 0 Å². The van der Waals surface area contributed by atoms with Crippen molar-refractivity contribution in [3.63, 3.8) is 0 Å². The molecular formula is C9H11FN+. The van der Waals surface area contributed by atoms with Crippen molar-refractivity contribution in [2.75, 3.05) is 6.54 Å². The number of hydrogen-bond donors (Lipinski definition) is 1. The maximum atomic E-state index is 13.0. The summed E-state index contributed by atoms with van der Waals surface area (Å²) in [4.78, 5) is 0. The van der Waals surface area contributed by atoms with Crippen LogP contribution >= 0.6 is 0 Å². The van der Waals surface area contributed by atoms with Crippen molar-refractivity contribution in [1.29, 1.82) is 0 Å². The van der Waals surface area contributed by atoms with E-state index in [0.717, 1.165) is 0 Å². The fraction of sp³-hybridized carbons (Fsp3) is 0.111. The van der Waals surface area contributed by atoms with Gasteiger partial charge < -0.3 is 0 Å². The Labute approximate surface area is 65.7 Å². The number of hydrogen-bond acceptors (Lipinski definition) is 0. The molecule has 0 aliphatic rings. The molecule has 1 aromatic carbocycles. The van der Waals surface area contributed by atoms with Gasteiger partial charge in [-0.3, -0.25) is 0 Å². The minimum atomic E-state index is -0.124. The summed E-state index contributed by atoms with van der Waals surface area (Å²) in [5.41, 5.74) is 0.646. The summed E-state index contributed by atoms with van der Waals surface area (Å²) in [6.45, 7) is 3.77. The second kappa shape index (κ2) is 3.88. The molecule has 1 N–H and O–H groups in total. The van der Waals surface area contributed by atoms with Crippen molar-refractivity contribution >= 4 is 5.69 Å². The molecule has 58 valence electrons. The topological polar surface area (TPSA) is 4.44 Å². The molecule has 0 amide bonds. The lowest BCUT2D eigenvalue weighted by Crippen LogP contribution is -2.99. The maximum Gasteiger partial charge on any atom is 0.169 e. The van der Waals surface area contributed by atoms with Gasteiger partial charge in [-0.15, -0.1) is 5.12 Å². The number of benzene rings is 1. The van der Waals surface area contributed by atoms with Crippen molar-refractivity contribution in [2.45, 2.75) is 0 Å². The Balaban J connectivity index is 2.68. The number of nitrogens with one attached hydrogen (secondary N) is 1. The zero-order valence-electron chi connectivity index (χ0n) is 6.26. The summed E-state index contributed by atoms with van der Waals surface area (Å²) in [5, 5.41) is -0.124. The van der Waals surface area contributed by atoms with Crippen LogP contribution in [0.15, 0.2) is 43.0 Å². The number of para-hydroxylation sites is 1. The van der Waals surface area contributed by atoms with Gasteiger partial charge in [-0.1, -0.05) is 24.8 Å². The van der Waals surface area contributed by atoms with Gasteiger partial charge in [0.25, 0.3) is 0 Å². The van der Waals surface area contributed by atoms with E-state index in [-0.39, 0.29) is 5.12 Å². The smallest absolute Gasteiger partial charge is 0.105 e. The van der Waals surface area contributed by atoms with E-state index < -0.39 is 0 Å². The number of halogens is 1. The fourth-order valence-electron chi connectivity index (χ4n) is 0.864. The number of rotatable bonds is 3. The van der Waals surface area contributed by atoms with Crippen molar-refractivity contribution in [2.24, 2.45) is 0 Å². The lowest BCUT2D eigenvalue weighted by molar-refractivity contribution is -0.976. The van der Waals surface area contributed by atoms with Crippen LogP contribution in [0.4, 0.5) is 10.2 Å². The summed E-state index contributed by atoms with van der Waals surface area (Å²) in [6, 6.07) is 9.00. The van der Waals surface area contributed by atoms with Gasteiger partial charge in [-0.2, -0.15) is 0 Å². The Kier molecular flexibility index (Phi) is 2.81. The lowest BCUT2D eigenvalue weighted by atomic mass is 10.3. The normalized spacial score (nSPS) is 12.5. The van der Waals surface area contributed by atoms with Crippen LogP contribution in [-0.4, -0.2) is 6.54 Å². The Hall–Kier alpha value is -1.15. The van der Waals surface area contributed by atoms with Crippen LogP contribution in [0, 0.1) is 0 Å². The van der Waals surface area contributed by atoms with Gasteiger partial charge in [0.1, 0.15) is 6.54 Å². The van der Waals surface area contributed by atoms with Crippen LogP contribution < -0.4 is 5.12 Å². The van der Waals surface area contributed by atoms with Crippen LogP contribution in [0.3, 0.4) is 0 Å². The second-order valence-corrected chi connectivity index (χ2v) is 2.26. The zero-order chi connectivity index (χ0) is 8.10.